The van der Waals surface area contributed by atoms with Gasteiger partial charge in [-0.1, -0.05) is 12.1 Å². The summed E-state index contributed by atoms with van der Waals surface area (Å²) in [4.78, 5) is 0. The van der Waals surface area contributed by atoms with Gasteiger partial charge >= 0.3 is 0 Å². The van der Waals surface area contributed by atoms with Crippen LogP contribution in [0.15, 0.2) is 28.7 Å². The zero-order valence-corrected chi connectivity index (χ0v) is 11.8. The molecule has 0 aliphatic heterocycles. The number of rotatable bonds is 8. The van der Waals surface area contributed by atoms with E-state index in [2.05, 4.69) is 15.5 Å². The quantitative estimate of drug-likeness (QED) is 0.741. The summed E-state index contributed by atoms with van der Waals surface area (Å²) in [5, 5.41) is 10.9. The number of hydrogen-bond acceptors (Lipinski definition) is 6. The highest BCUT2D eigenvalue weighted by Crippen LogP contribution is 2.13. The molecule has 0 unspecified atom stereocenters. The van der Waals surface area contributed by atoms with Crippen LogP contribution >= 0.6 is 0 Å². The van der Waals surface area contributed by atoms with E-state index in [0.29, 0.717) is 18.4 Å². The average Bonchev–Trinajstić information content (AvgIpc) is 2.88. The lowest BCUT2D eigenvalue weighted by molar-refractivity contribution is 0.199. The van der Waals surface area contributed by atoms with Crippen LogP contribution in [0.5, 0.6) is 5.75 Å². The van der Waals surface area contributed by atoms with Gasteiger partial charge in [-0.2, -0.15) is 0 Å². The molecule has 6 nitrogen and oxygen atoms in total. The van der Waals surface area contributed by atoms with E-state index in [1.807, 2.05) is 24.3 Å². The first-order valence-corrected chi connectivity index (χ1v) is 6.48. The first-order chi connectivity index (χ1) is 9.78. The van der Waals surface area contributed by atoms with Crippen LogP contribution in [0.4, 0.5) is 0 Å². The fraction of sp³-hybridized carbons (Fsp3) is 0.429. The van der Waals surface area contributed by atoms with Crippen LogP contribution in [0.1, 0.15) is 17.3 Å². The molecule has 1 heterocycles. The second-order valence-electron chi connectivity index (χ2n) is 4.32. The Balaban J connectivity index is 1.76. The lowest BCUT2D eigenvalue weighted by atomic mass is 10.2. The fourth-order valence-electron chi connectivity index (χ4n) is 1.65. The topological polar surface area (TPSA) is 69.4 Å². The number of aryl methyl sites for hydroxylation is 1. The molecule has 1 aromatic carbocycles. The molecule has 1 aromatic heterocycles. The standard InChI is InChI=1S/C14H19N3O3/c1-11-16-17-14(20-11)10-19-13-5-3-12(4-6-13)9-15-7-8-18-2/h3-6,15H,7-10H2,1-2H3. The second-order valence-corrected chi connectivity index (χ2v) is 4.32. The second kappa shape index (κ2) is 7.62. The molecule has 0 spiro atoms. The molecule has 2 rings (SSSR count). The Morgan fingerprint density at radius 1 is 1.20 bits per heavy atom. The van der Waals surface area contributed by atoms with E-state index in [-0.39, 0.29) is 6.61 Å². The monoisotopic (exact) mass is 277 g/mol. The van der Waals surface area contributed by atoms with Gasteiger partial charge in [0.1, 0.15) is 5.75 Å². The Hall–Kier alpha value is -1.92. The van der Waals surface area contributed by atoms with Crippen molar-refractivity contribution in [1.82, 2.24) is 15.5 Å². The predicted octanol–water partition coefficient (Wildman–Crippen LogP) is 1.69. The maximum Gasteiger partial charge on any atom is 0.253 e. The molecule has 0 aliphatic carbocycles. The highest BCUT2D eigenvalue weighted by atomic mass is 16.5. The summed E-state index contributed by atoms with van der Waals surface area (Å²) in [6, 6.07) is 7.90. The van der Waals surface area contributed by atoms with E-state index in [1.165, 1.54) is 5.56 Å². The summed E-state index contributed by atoms with van der Waals surface area (Å²) in [5.74, 6) is 1.80. The van der Waals surface area contributed by atoms with Crippen molar-refractivity contribution in [3.05, 3.63) is 41.6 Å². The maximum atomic E-state index is 5.57. The number of aromatic nitrogens is 2. The molecule has 108 valence electrons. The minimum absolute atomic E-state index is 0.284. The molecule has 0 radical (unpaired) electrons. The van der Waals surface area contributed by atoms with Gasteiger partial charge in [0.2, 0.25) is 5.89 Å². The molecule has 1 N–H and O–H groups in total. The highest BCUT2D eigenvalue weighted by Gasteiger charge is 2.03. The van der Waals surface area contributed by atoms with Crippen LogP contribution in [0.25, 0.3) is 0 Å². The zero-order valence-electron chi connectivity index (χ0n) is 11.8. The third kappa shape index (κ3) is 4.64. The molecule has 0 aliphatic rings. The molecule has 0 atom stereocenters. The van der Waals surface area contributed by atoms with Crippen LogP contribution in [0.2, 0.25) is 0 Å². The summed E-state index contributed by atoms with van der Waals surface area (Å²) in [5.41, 5.74) is 1.20. The van der Waals surface area contributed by atoms with E-state index in [9.17, 15) is 0 Å². The van der Waals surface area contributed by atoms with Crippen molar-refractivity contribution >= 4 is 0 Å². The van der Waals surface area contributed by atoms with E-state index in [1.54, 1.807) is 14.0 Å². The SMILES string of the molecule is COCCNCc1ccc(OCc2nnc(C)o2)cc1. The first-order valence-electron chi connectivity index (χ1n) is 6.48. The molecule has 20 heavy (non-hydrogen) atoms. The minimum Gasteiger partial charge on any atom is -0.484 e. The van der Waals surface area contributed by atoms with Crippen LogP contribution in [0.3, 0.4) is 0 Å². The fourth-order valence-corrected chi connectivity index (χ4v) is 1.65. The van der Waals surface area contributed by atoms with E-state index in [4.69, 9.17) is 13.9 Å². The third-order valence-corrected chi connectivity index (χ3v) is 2.67. The summed E-state index contributed by atoms with van der Waals surface area (Å²) in [7, 11) is 1.69. The Morgan fingerprint density at radius 2 is 2.00 bits per heavy atom. The maximum absolute atomic E-state index is 5.57. The summed E-state index contributed by atoms with van der Waals surface area (Å²) >= 11 is 0. The van der Waals surface area contributed by atoms with E-state index >= 15 is 0 Å². The third-order valence-electron chi connectivity index (χ3n) is 2.67. The molecular weight excluding hydrogens is 258 g/mol. The number of ether oxygens (including phenoxy) is 2. The Bertz CT molecular complexity index is 511. The predicted molar refractivity (Wildman–Crippen MR) is 73.4 cm³/mol. The van der Waals surface area contributed by atoms with Crippen molar-refractivity contribution in [3.63, 3.8) is 0 Å². The van der Waals surface area contributed by atoms with Gasteiger partial charge in [0.25, 0.3) is 5.89 Å². The molecule has 6 heteroatoms. The summed E-state index contributed by atoms with van der Waals surface area (Å²) < 4.78 is 15.8. The van der Waals surface area contributed by atoms with Crippen molar-refractivity contribution in [2.75, 3.05) is 20.3 Å². The number of benzene rings is 1. The Morgan fingerprint density at radius 3 is 2.65 bits per heavy atom. The van der Waals surface area contributed by atoms with Gasteiger partial charge in [-0.25, -0.2) is 0 Å². The number of nitrogens with zero attached hydrogens (tertiary/aromatic N) is 2. The lowest BCUT2D eigenvalue weighted by Gasteiger charge is -2.06. The molecule has 0 saturated carbocycles. The smallest absolute Gasteiger partial charge is 0.253 e. The normalized spacial score (nSPS) is 10.7. The highest BCUT2D eigenvalue weighted by molar-refractivity contribution is 5.27. The van der Waals surface area contributed by atoms with Gasteiger partial charge < -0.3 is 19.2 Å². The molecule has 0 saturated heterocycles. The van der Waals surface area contributed by atoms with Gasteiger partial charge in [-0.15, -0.1) is 10.2 Å². The lowest BCUT2D eigenvalue weighted by Crippen LogP contribution is -2.18. The van der Waals surface area contributed by atoms with Gasteiger partial charge in [-0.3, -0.25) is 0 Å². The largest absolute Gasteiger partial charge is 0.484 e. The van der Waals surface area contributed by atoms with Crippen molar-refractivity contribution in [1.29, 1.82) is 0 Å². The first kappa shape index (κ1) is 14.5. The number of methoxy groups -OCH3 is 1. The Kier molecular flexibility index (Phi) is 5.52. The van der Waals surface area contributed by atoms with Gasteiger partial charge in [0, 0.05) is 27.1 Å². The van der Waals surface area contributed by atoms with Crippen LogP contribution in [0, 0.1) is 6.92 Å². The van der Waals surface area contributed by atoms with Crippen molar-refractivity contribution in [3.8, 4) is 5.75 Å². The molecule has 0 fully saturated rings. The van der Waals surface area contributed by atoms with Crippen molar-refractivity contribution < 1.29 is 13.9 Å². The molecular formula is C14H19N3O3. The van der Waals surface area contributed by atoms with Crippen molar-refractivity contribution in [2.24, 2.45) is 0 Å². The molecule has 0 bridgehead atoms. The van der Waals surface area contributed by atoms with Gasteiger partial charge in [0.15, 0.2) is 6.61 Å². The molecule has 0 amide bonds. The number of hydrogen-bond donors (Lipinski definition) is 1. The van der Waals surface area contributed by atoms with Gasteiger partial charge in [0.05, 0.1) is 6.61 Å². The summed E-state index contributed by atoms with van der Waals surface area (Å²) in [6.45, 7) is 4.40. The van der Waals surface area contributed by atoms with Crippen LogP contribution < -0.4 is 10.1 Å². The van der Waals surface area contributed by atoms with Gasteiger partial charge in [-0.05, 0) is 17.7 Å². The molecule has 2 aromatic rings. The van der Waals surface area contributed by atoms with E-state index in [0.717, 1.165) is 18.8 Å². The average molecular weight is 277 g/mol. The number of nitrogens with one attached hydrogen (secondary N) is 1. The minimum atomic E-state index is 0.284. The summed E-state index contributed by atoms with van der Waals surface area (Å²) in [6.07, 6.45) is 0. The van der Waals surface area contributed by atoms with E-state index < -0.39 is 0 Å². The zero-order chi connectivity index (χ0) is 14.2. The Labute approximate surface area is 118 Å². The van der Waals surface area contributed by atoms with Crippen LogP contribution in [-0.4, -0.2) is 30.5 Å². The van der Waals surface area contributed by atoms with Crippen LogP contribution in [-0.2, 0) is 17.9 Å². The van der Waals surface area contributed by atoms with Crippen molar-refractivity contribution in [2.45, 2.75) is 20.1 Å².